The number of nitrogens with one attached hydrogen (secondary N) is 2. The molecule has 1 saturated heterocycles. The minimum absolute atomic E-state index is 0.109. The maximum Gasteiger partial charge on any atom is 0.234 e. The van der Waals surface area contributed by atoms with Crippen LogP contribution in [0.2, 0.25) is 0 Å². The zero-order valence-corrected chi connectivity index (χ0v) is 14.8. The van der Waals surface area contributed by atoms with Crippen molar-refractivity contribution in [3.8, 4) is 0 Å². The molecule has 24 heavy (non-hydrogen) atoms. The van der Waals surface area contributed by atoms with E-state index in [2.05, 4.69) is 20.5 Å². The van der Waals surface area contributed by atoms with E-state index in [1.54, 1.807) is 11.3 Å². The van der Waals surface area contributed by atoms with Crippen LogP contribution in [0.25, 0.3) is 0 Å². The fourth-order valence-corrected chi connectivity index (χ4v) is 3.62. The molecular weight excluding hydrogens is 320 g/mol. The predicted octanol–water partition coefficient (Wildman–Crippen LogP) is 2.50. The van der Waals surface area contributed by atoms with Crippen LogP contribution in [-0.2, 0) is 11.3 Å². The van der Waals surface area contributed by atoms with Gasteiger partial charge in [-0.3, -0.25) is 9.69 Å². The first-order chi connectivity index (χ1) is 11.7. The highest BCUT2D eigenvalue weighted by molar-refractivity contribution is 7.09. The first kappa shape index (κ1) is 16.9. The lowest BCUT2D eigenvalue weighted by Gasteiger charge is -2.16. The van der Waals surface area contributed by atoms with Crippen LogP contribution >= 0.6 is 11.3 Å². The standard InChI is InChI=1S/C18H24N4OS/c1-14-4-2-6-17(21-14)19-10-15-7-8-22(12-15)13-18(23)20-11-16-5-3-9-24-16/h2-6,9,15H,7-8,10-13H2,1H3,(H,19,21)(H,20,23)/t15-/m0/s1. The van der Waals surface area contributed by atoms with E-state index < -0.39 is 0 Å². The van der Waals surface area contributed by atoms with Gasteiger partial charge in [-0.1, -0.05) is 12.1 Å². The maximum atomic E-state index is 12.0. The minimum Gasteiger partial charge on any atom is -0.370 e. The molecule has 1 atom stereocenters. The van der Waals surface area contributed by atoms with Crippen molar-refractivity contribution in [2.75, 3.05) is 31.5 Å². The van der Waals surface area contributed by atoms with Gasteiger partial charge in [-0.15, -0.1) is 11.3 Å². The minimum atomic E-state index is 0.109. The topological polar surface area (TPSA) is 57.3 Å². The molecule has 1 aliphatic heterocycles. The average Bonchev–Trinajstić information content (AvgIpc) is 3.23. The Morgan fingerprint density at radius 2 is 2.29 bits per heavy atom. The summed E-state index contributed by atoms with van der Waals surface area (Å²) in [6.45, 7) is 5.98. The molecule has 0 aromatic carbocycles. The monoisotopic (exact) mass is 344 g/mol. The lowest BCUT2D eigenvalue weighted by molar-refractivity contribution is -0.122. The summed E-state index contributed by atoms with van der Waals surface area (Å²) in [6.07, 6.45) is 1.12. The highest BCUT2D eigenvalue weighted by Gasteiger charge is 2.23. The van der Waals surface area contributed by atoms with E-state index in [9.17, 15) is 4.79 Å². The van der Waals surface area contributed by atoms with E-state index in [0.29, 0.717) is 19.0 Å². The lowest BCUT2D eigenvalue weighted by atomic mass is 10.1. The second-order valence-electron chi connectivity index (χ2n) is 6.29. The highest BCUT2D eigenvalue weighted by atomic mass is 32.1. The number of amides is 1. The van der Waals surface area contributed by atoms with Gasteiger partial charge >= 0.3 is 0 Å². The van der Waals surface area contributed by atoms with E-state index in [4.69, 9.17) is 0 Å². The fourth-order valence-electron chi connectivity index (χ4n) is 2.97. The molecule has 2 aromatic heterocycles. The Bertz CT molecular complexity index is 659. The van der Waals surface area contributed by atoms with Crippen LogP contribution in [0, 0.1) is 12.8 Å². The van der Waals surface area contributed by atoms with E-state index in [-0.39, 0.29) is 5.91 Å². The molecule has 1 fully saturated rings. The molecule has 1 aliphatic rings. The summed E-state index contributed by atoms with van der Waals surface area (Å²) in [6, 6.07) is 10.1. The van der Waals surface area contributed by atoms with Crippen molar-refractivity contribution in [2.45, 2.75) is 19.9 Å². The lowest BCUT2D eigenvalue weighted by Crippen LogP contribution is -2.36. The van der Waals surface area contributed by atoms with Crippen molar-refractivity contribution >= 4 is 23.1 Å². The van der Waals surface area contributed by atoms with Gasteiger partial charge in [-0.2, -0.15) is 0 Å². The van der Waals surface area contributed by atoms with Crippen molar-refractivity contribution in [3.05, 3.63) is 46.3 Å². The average molecular weight is 344 g/mol. The van der Waals surface area contributed by atoms with E-state index >= 15 is 0 Å². The predicted molar refractivity (Wildman–Crippen MR) is 98.2 cm³/mol. The first-order valence-electron chi connectivity index (χ1n) is 8.38. The van der Waals surface area contributed by atoms with Crippen LogP contribution in [0.15, 0.2) is 35.7 Å². The molecule has 2 aromatic rings. The number of rotatable bonds is 7. The largest absolute Gasteiger partial charge is 0.370 e. The molecule has 5 nitrogen and oxygen atoms in total. The van der Waals surface area contributed by atoms with Crippen LogP contribution in [0.5, 0.6) is 0 Å². The van der Waals surface area contributed by atoms with Gasteiger partial charge in [0.2, 0.25) is 5.91 Å². The van der Waals surface area contributed by atoms with Gasteiger partial charge < -0.3 is 10.6 Å². The van der Waals surface area contributed by atoms with E-state index in [1.165, 1.54) is 4.88 Å². The number of pyridine rings is 1. The van der Waals surface area contributed by atoms with Gasteiger partial charge in [0.1, 0.15) is 5.82 Å². The van der Waals surface area contributed by atoms with Gasteiger partial charge in [-0.05, 0) is 49.4 Å². The Labute approximate surface area is 147 Å². The summed E-state index contributed by atoms with van der Waals surface area (Å²) in [7, 11) is 0. The number of aryl methyl sites for hydroxylation is 1. The second kappa shape index (κ2) is 8.26. The molecule has 128 valence electrons. The third-order valence-corrected chi connectivity index (χ3v) is 5.11. The van der Waals surface area contributed by atoms with Gasteiger partial charge in [0.25, 0.3) is 0 Å². The van der Waals surface area contributed by atoms with E-state index in [1.807, 2.05) is 42.6 Å². The SMILES string of the molecule is Cc1cccc(NC[C@@H]2CCN(CC(=O)NCc3cccs3)C2)n1. The van der Waals surface area contributed by atoms with Crippen LogP contribution in [0.4, 0.5) is 5.82 Å². The Balaban J connectivity index is 1.36. The van der Waals surface area contributed by atoms with Crippen LogP contribution in [0.1, 0.15) is 17.0 Å². The second-order valence-corrected chi connectivity index (χ2v) is 7.32. The smallest absolute Gasteiger partial charge is 0.234 e. The highest BCUT2D eigenvalue weighted by Crippen LogP contribution is 2.17. The number of carbonyl (C=O) groups excluding carboxylic acids is 1. The summed E-state index contributed by atoms with van der Waals surface area (Å²) in [4.78, 5) is 19.9. The van der Waals surface area contributed by atoms with Crippen LogP contribution in [0.3, 0.4) is 0 Å². The van der Waals surface area contributed by atoms with Crippen LogP contribution in [-0.4, -0.2) is 42.0 Å². The Morgan fingerprint density at radius 3 is 3.08 bits per heavy atom. The maximum absolute atomic E-state index is 12.0. The van der Waals surface area contributed by atoms with Gasteiger partial charge in [0, 0.05) is 23.7 Å². The van der Waals surface area contributed by atoms with Gasteiger partial charge in [0.05, 0.1) is 13.1 Å². The van der Waals surface area contributed by atoms with Crippen LogP contribution < -0.4 is 10.6 Å². The molecular formula is C18H24N4OS. The molecule has 1 amide bonds. The number of likely N-dealkylation sites (tertiary alicyclic amines) is 1. The van der Waals surface area contributed by atoms with Crippen molar-refractivity contribution in [2.24, 2.45) is 5.92 Å². The number of aromatic nitrogens is 1. The number of anilines is 1. The molecule has 0 saturated carbocycles. The molecule has 3 heterocycles. The molecule has 6 heteroatoms. The molecule has 0 spiro atoms. The van der Waals surface area contributed by atoms with Crippen molar-refractivity contribution in [1.29, 1.82) is 0 Å². The van der Waals surface area contributed by atoms with Crippen molar-refractivity contribution in [1.82, 2.24) is 15.2 Å². The third kappa shape index (κ3) is 5.04. The molecule has 2 N–H and O–H groups in total. The van der Waals surface area contributed by atoms with Gasteiger partial charge in [0.15, 0.2) is 0 Å². The molecule has 0 bridgehead atoms. The number of hydrogen-bond acceptors (Lipinski definition) is 5. The van der Waals surface area contributed by atoms with Crippen molar-refractivity contribution in [3.63, 3.8) is 0 Å². The summed E-state index contributed by atoms with van der Waals surface area (Å²) in [5.41, 5.74) is 1.02. The number of thiophene rings is 1. The van der Waals surface area contributed by atoms with Gasteiger partial charge in [-0.25, -0.2) is 4.98 Å². The molecule has 0 aliphatic carbocycles. The molecule has 0 unspecified atom stereocenters. The number of hydrogen-bond donors (Lipinski definition) is 2. The third-order valence-electron chi connectivity index (χ3n) is 4.24. The Morgan fingerprint density at radius 1 is 1.38 bits per heavy atom. The molecule has 3 rings (SSSR count). The fraction of sp³-hybridized carbons (Fsp3) is 0.444. The summed E-state index contributed by atoms with van der Waals surface area (Å²) in [5, 5.41) is 8.43. The zero-order chi connectivity index (χ0) is 16.8. The normalized spacial score (nSPS) is 17.8. The summed E-state index contributed by atoms with van der Waals surface area (Å²) < 4.78 is 0. The van der Waals surface area contributed by atoms with E-state index in [0.717, 1.165) is 37.6 Å². The number of nitrogens with zero attached hydrogens (tertiary/aromatic N) is 2. The molecule has 0 radical (unpaired) electrons. The summed E-state index contributed by atoms with van der Waals surface area (Å²) >= 11 is 1.67. The number of carbonyl (C=O) groups is 1. The quantitative estimate of drug-likeness (QED) is 0.810. The van der Waals surface area contributed by atoms with Crippen molar-refractivity contribution < 1.29 is 4.79 Å². The Kier molecular flexibility index (Phi) is 5.82. The zero-order valence-electron chi connectivity index (χ0n) is 14.0. The summed E-state index contributed by atoms with van der Waals surface area (Å²) in [5.74, 6) is 1.61. The first-order valence-corrected chi connectivity index (χ1v) is 9.26. The Hall–Kier alpha value is -1.92.